The summed E-state index contributed by atoms with van der Waals surface area (Å²) in [6.45, 7) is 6.68. The first-order valence-corrected chi connectivity index (χ1v) is 7.39. The summed E-state index contributed by atoms with van der Waals surface area (Å²) >= 11 is 0. The molecule has 1 saturated heterocycles. The number of nitrogens with zero attached hydrogens (tertiary/aromatic N) is 1. The number of benzene rings is 1. The molecule has 1 aliphatic rings. The van der Waals surface area contributed by atoms with Crippen molar-refractivity contribution in [2.45, 2.75) is 39.5 Å². The van der Waals surface area contributed by atoms with Crippen LogP contribution in [0.5, 0.6) is 0 Å². The number of aromatic nitrogens is 2. The zero-order valence-electron chi connectivity index (χ0n) is 11.9. The summed E-state index contributed by atoms with van der Waals surface area (Å²) in [5, 5.41) is 3.48. The van der Waals surface area contributed by atoms with Crippen LogP contribution >= 0.6 is 0 Å². The van der Waals surface area contributed by atoms with E-state index in [1.54, 1.807) is 0 Å². The molecule has 2 heterocycles. The minimum atomic E-state index is 0.824. The normalized spacial score (nSPS) is 20.0. The van der Waals surface area contributed by atoms with Crippen LogP contribution < -0.4 is 5.32 Å². The largest absolute Gasteiger partial charge is 0.342 e. The van der Waals surface area contributed by atoms with Gasteiger partial charge in [0.25, 0.3) is 0 Å². The van der Waals surface area contributed by atoms with Crippen molar-refractivity contribution in [3.63, 3.8) is 0 Å². The molecule has 2 N–H and O–H groups in total. The maximum atomic E-state index is 4.72. The van der Waals surface area contributed by atoms with Gasteiger partial charge in [0, 0.05) is 6.42 Å². The monoisotopic (exact) mass is 257 g/mol. The number of nitrogens with one attached hydrogen (secondary N) is 2. The maximum Gasteiger partial charge on any atom is 0.107 e. The van der Waals surface area contributed by atoms with E-state index in [4.69, 9.17) is 4.98 Å². The highest BCUT2D eigenvalue weighted by molar-refractivity contribution is 5.77. The molecule has 1 fully saturated rings. The summed E-state index contributed by atoms with van der Waals surface area (Å²) in [7, 11) is 0. The van der Waals surface area contributed by atoms with Gasteiger partial charge >= 0.3 is 0 Å². The van der Waals surface area contributed by atoms with E-state index < -0.39 is 0 Å². The molecule has 1 atom stereocenters. The highest BCUT2D eigenvalue weighted by Crippen LogP contribution is 2.20. The van der Waals surface area contributed by atoms with Gasteiger partial charge < -0.3 is 10.3 Å². The third-order valence-corrected chi connectivity index (χ3v) is 4.33. The van der Waals surface area contributed by atoms with Gasteiger partial charge in [-0.3, -0.25) is 0 Å². The number of hydrogen-bond donors (Lipinski definition) is 2. The second-order valence-corrected chi connectivity index (χ2v) is 5.89. The molecule has 0 bridgehead atoms. The highest BCUT2D eigenvalue weighted by atomic mass is 14.9. The summed E-state index contributed by atoms with van der Waals surface area (Å²) in [5.74, 6) is 1.97. The molecule has 102 valence electrons. The fourth-order valence-corrected chi connectivity index (χ4v) is 2.95. The van der Waals surface area contributed by atoms with Crippen molar-refractivity contribution in [3.05, 3.63) is 29.1 Å². The van der Waals surface area contributed by atoms with Gasteiger partial charge in [-0.1, -0.05) is 0 Å². The fourth-order valence-electron chi connectivity index (χ4n) is 2.95. The molecule has 3 heteroatoms. The second-order valence-electron chi connectivity index (χ2n) is 5.89. The lowest BCUT2D eigenvalue weighted by molar-refractivity contribution is 0.356. The Hall–Kier alpha value is -1.35. The van der Waals surface area contributed by atoms with Crippen molar-refractivity contribution < 1.29 is 0 Å². The molecule has 3 rings (SSSR count). The topological polar surface area (TPSA) is 40.7 Å². The van der Waals surface area contributed by atoms with E-state index in [0.29, 0.717) is 0 Å². The van der Waals surface area contributed by atoms with Gasteiger partial charge in [-0.15, -0.1) is 0 Å². The highest BCUT2D eigenvalue weighted by Gasteiger charge is 2.13. The van der Waals surface area contributed by atoms with Crippen LogP contribution in [-0.2, 0) is 6.42 Å². The zero-order valence-corrected chi connectivity index (χ0v) is 11.9. The smallest absolute Gasteiger partial charge is 0.107 e. The predicted molar refractivity (Wildman–Crippen MR) is 79.5 cm³/mol. The Labute approximate surface area is 114 Å². The van der Waals surface area contributed by atoms with Crippen molar-refractivity contribution in [1.82, 2.24) is 15.3 Å². The molecule has 19 heavy (non-hydrogen) atoms. The van der Waals surface area contributed by atoms with Crippen LogP contribution in [0.3, 0.4) is 0 Å². The molecule has 0 saturated carbocycles. The molecule has 3 nitrogen and oxygen atoms in total. The van der Waals surface area contributed by atoms with Crippen molar-refractivity contribution in [2.75, 3.05) is 13.1 Å². The summed E-state index contributed by atoms with van der Waals surface area (Å²) in [6.07, 6.45) is 5.00. The number of hydrogen-bond acceptors (Lipinski definition) is 2. The van der Waals surface area contributed by atoms with Crippen LogP contribution in [0.25, 0.3) is 11.0 Å². The van der Waals surface area contributed by atoms with Crippen molar-refractivity contribution in [2.24, 2.45) is 5.92 Å². The van der Waals surface area contributed by atoms with Gasteiger partial charge in [-0.2, -0.15) is 0 Å². The molecule has 0 spiro atoms. The Kier molecular flexibility index (Phi) is 3.56. The van der Waals surface area contributed by atoms with Crippen LogP contribution in [-0.4, -0.2) is 23.1 Å². The Morgan fingerprint density at radius 1 is 1.26 bits per heavy atom. The van der Waals surface area contributed by atoms with E-state index in [-0.39, 0.29) is 0 Å². The SMILES string of the molecule is Cc1cc2nc(CCC3CCCNC3)[nH]c2cc1C. The van der Waals surface area contributed by atoms with Crippen LogP contribution in [0, 0.1) is 19.8 Å². The molecular formula is C16H23N3. The number of rotatable bonds is 3. The number of imidazole rings is 1. The first kappa shape index (κ1) is 12.7. The lowest BCUT2D eigenvalue weighted by atomic mass is 9.95. The summed E-state index contributed by atoms with van der Waals surface area (Å²) in [5.41, 5.74) is 4.95. The van der Waals surface area contributed by atoms with Gasteiger partial charge in [0.15, 0.2) is 0 Å². The van der Waals surface area contributed by atoms with E-state index >= 15 is 0 Å². The fraction of sp³-hybridized carbons (Fsp3) is 0.562. The van der Waals surface area contributed by atoms with E-state index in [1.807, 2.05) is 0 Å². The van der Waals surface area contributed by atoms with Crippen molar-refractivity contribution in [1.29, 1.82) is 0 Å². The minimum Gasteiger partial charge on any atom is -0.342 e. The maximum absolute atomic E-state index is 4.72. The third-order valence-electron chi connectivity index (χ3n) is 4.33. The average Bonchev–Trinajstić information content (AvgIpc) is 2.80. The lowest BCUT2D eigenvalue weighted by Crippen LogP contribution is -2.29. The summed E-state index contributed by atoms with van der Waals surface area (Å²) < 4.78 is 0. The number of aromatic amines is 1. The second kappa shape index (κ2) is 5.33. The first-order valence-electron chi connectivity index (χ1n) is 7.39. The van der Waals surface area contributed by atoms with Crippen LogP contribution in [0.15, 0.2) is 12.1 Å². The molecule has 1 aliphatic heterocycles. The van der Waals surface area contributed by atoms with Gasteiger partial charge in [0.2, 0.25) is 0 Å². The van der Waals surface area contributed by atoms with Gasteiger partial charge in [-0.25, -0.2) is 4.98 Å². The first-order chi connectivity index (χ1) is 9.22. The lowest BCUT2D eigenvalue weighted by Gasteiger charge is -2.22. The molecule has 0 aliphatic carbocycles. The quantitative estimate of drug-likeness (QED) is 0.887. The molecule has 0 radical (unpaired) electrons. The van der Waals surface area contributed by atoms with Crippen LogP contribution in [0.1, 0.15) is 36.2 Å². The number of fused-ring (bicyclic) bond motifs is 1. The average molecular weight is 257 g/mol. The number of H-pyrrole nitrogens is 1. The zero-order chi connectivity index (χ0) is 13.2. The summed E-state index contributed by atoms with van der Waals surface area (Å²) in [4.78, 5) is 8.19. The van der Waals surface area contributed by atoms with E-state index in [9.17, 15) is 0 Å². The molecular weight excluding hydrogens is 234 g/mol. The van der Waals surface area contributed by atoms with Gasteiger partial charge in [0.05, 0.1) is 11.0 Å². The molecule has 1 unspecified atom stereocenters. The minimum absolute atomic E-state index is 0.824. The summed E-state index contributed by atoms with van der Waals surface area (Å²) in [6, 6.07) is 4.40. The number of aryl methyl sites for hydroxylation is 3. The Morgan fingerprint density at radius 2 is 2.11 bits per heavy atom. The van der Waals surface area contributed by atoms with E-state index in [1.165, 1.54) is 49.0 Å². The molecule has 0 amide bonds. The van der Waals surface area contributed by atoms with Crippen molar-refractivity contribution in [3.8, 4) is 0 Å². The Balaban J connectivity index is 1.70. The molecule has 2 aromatic rings. The third kappa shape index (κ3) is 2.81. The molecule has 1 aromatic carbocycles. The Bertz CT molecular complexity index is 526. The van der Waals surface area contributed by atoms with Gasteiger partial charge in [-0.05, 0) is 75.4 Å². The molecule has 1 aromatic heterocycles. The standard InChI is InChI=1S/C16H23N3/c1-11-8-14-15(9-12(11)2)19-16(18-14)6-5-13-4-3-7-17-10-13/h8-9,13,17H,3-7,10H2,1-2H3,(H,18,19). The van der Waals surface area contributed by atoms with Crippen LogP contribution in [0.2, 0.25) is 0 Å². The van der Waals surface area contributed by atoms with Crippen molar-refractivity contribution >= 4 is 11.0 Å². The van der Waals surface area contributed by atoms with E-state index in [2.05, 4.69) is 36.3 Å². The van der Waals surface area contributed by atoms with Gasteiger partial charge in [0.1, 0.15) is 5.82 Å². The van der Waals surface area contributed by atoms with E-state index in [0.717, 1.165) is 23.7 Å². The Morgan fingerprint density at radius 3 is 2.89 bits per heavy atom. The van der Waals surface area contributed by atoms with Crippen LogP contribution in [0.4, 0.5) is 0 Å². The predicted octanol–water partition coefficient (Wildman–Crippen LogP) is 3.11. The number of piperidine rings is 1.